The minimum atomic E-state index is -2.33. The zero-order valence-electron chi connectivity index (χ0n) is 2.75. The van der Waals surface area contributed by atoms with Gasteiger partial charge in [-0.15, -0.1) is 0 Å². The summed E-state index contributed by atoms with van der Waals surface area (Å²) in [6.07, 6.45) is -2.33. The summed E-state index contributed by atoms with van der Waals surface area (Å²) >= 11 is 0. The van der Waals surface area contributed by atoms with Gasteiger partial charge < -0.3 is 15.0 Å². The molecule has 4 nitrogen and oxygen atoms in total. The summed E-state index contributed by atoms with van der Waals surface area (Å²) < 4.78 is 0. The normalized spacial score (nSPS) is 5.17. The van der Waals surface area contributed by atoms with Crippen molar-refractivity contribution in [1.82, 2.24) is 0 Å². The second-order valence-electron chi connectivity index (χ2n) is 0.250. The van der Waals surface area contributed by atoms with Crippen molar-refractivity contribution in [2.24, 2.45) is 0 Å². The molecule has 0 rings (SSSR count). The van der Waals surface area contributed by atoms with E-state index in [0.717, 1.165) is 0 Å². The van der Waals surface area contributed by atoms with Crippen molar-refractivity contribution in [3.8, 4) is 0 Å². The van der Waals surface area contributed by atoms with Gasteiger partial charge in [0.05, 0.1) is 0 Å². The van der Waals surface area contributed by atoms with Gasteiger partial charge in [-0.1, -0.05) is 0 Å². The van der Waals surface area contributed by atoms with Gasteiger partial charge in [0.25, 0.3) is 0 Å². The monoisotopic (exact) mass is 88.0 g/mol. The molecule has 0 aliphatic rings. The van der Waals surface area contributed by atoms with Crippen molar-refractivity contribution in [2.75, 3.05) is 0 Å². The molecule has 0 radical (unpaired) electrons. The Bertz CT molecular complexity index is 30.5. The molecule has 0 unspecified atom stereocenters. The molecule has 1 N–H and O–H groups in total. The van der Waals surface area contributed by atoms with Gasteiger partial charge in [-0.3, -0.25) is 0 Å². The van der Waals surface area contributed by atoms with E-state index < -0.39 is 6.16 Å². The Labute approximate surface area is 35.5 Å². The molecule has 0 aliphatic heterocycles. The Hall–Kier alpha value is -0.705. The van der Waals surface area contributed by atoms with Crippen LogP contribution in [0.3, 0.4) is 0 Å². The van der Waals surface area contributed by atoms with Crippen LogP contribution in [0, 0.1) is 0 Å². The van der Waals surface area contributed by atoms with E-state index in [2.05, 4.69) is 8.05 Å². The van der Waals surface area contributed by atoms with Crippen LogP contribution in [-0.2, 0) is 0 Å². The van der Waals surface area contributed by atoms with Gasteiger partial charge in [0, 0.05) is 0 Å². The van der Waals surface area contributed by atoms with E-state index in [1.807, 2.05) is 0 Å². The standard InChI is InChI=1S/CH2O3.BHO/c2-1(3)4;1-2/h(H2,2,3,4);2H/q;+2/p-2. The van der Waals surface area contributed by atoms with Gasteiger partial charge in [-0.25, -0.2) is 0 Å². The predicted molar refractivity (Wildman–Crippen MR) is 13.4 cm³/mol. The maximum atomic E-state index is 8.33. The third-order valence-corrected chi connectivity index (χ3v) is 0. The third-order valence-electron chi connectivity index (χ3n) is 0. The van der Waals surface area contributed by atoms with Crippen molar-refractivity contribution in [3.63, 3.8) is 0 Å². The van der Waals surface area contributed by atoms with Crippen LogP contribution >= 0.6 is 0 Å². The summed E-state index contributed by atoms with van der Waals surface area (Å²) in [6.45, 7) is 0. The van der Waals surface area contributed by atoms with E-state index in [9.17, 15) is 0 Å². The molecule has 32 valence electrons. The molecule has 0 spiro atoms. The van der Waals surface area contributed by atoms with Gasteiger partial charge >= 0.3 is 13.1 Å². The van der Waals surface area contributed by atoms with Crippen LogP contribution in [0.5, 0.6) is 0 Å². The Balaban J connectivity index is 0. The fourth-order valence-electron chi connectivity index (χ4n) is 0. The summed E-state index contributed by atoms with van der Waals surface area (Å²) in [5.41, 5.74) is 0. The fourth-order valence-corrected chi connectivity index (χ4v) is 0. The first-order valence-corrected chi connectivity index (χ1v) is 0.871. The average Bonchev–Trinajstić information content (AvgIpc) is 1.41. The molecule has 0 saturated heterocycles. The van der Waals surface area contributed by atoms with Crippen LogP contribution in [0.4, 0.5) is 4.79 Å². The van der Waals surface area contributed by atoms with Gasteiger partial charge in [0.15, 0.2) is 0 Å². The molecule has 5 heteroatoms. The number of carboxylic acid groups (broad SMARTS) is 2. The number of hydrogen-bond donors (Lipinski definition) is 1. The Morgan fingerprint density at radius 3 is 1.50 bits per heavy atom. The maximum absolute atomic E-state index is 8.33. The number of hydrogen-bond acceptors (Lipinski definition) is 4. The number of rotatable bonds is 0. The summed E-state index contributed by atoms with van der Waals surface area (Å²) in [4.78, 5) is 8.33. The molecule has 0 aliphatic carbocycles. The molecule has 0 bridgehead atoms. The zero-order chi connectivity index (χ0) is 5.58. The average molecular weight is 87.8 g/mol. The summed E-state index contributed by atoms with van der Waals surface area (Å²) in [5, 5.41) is 23.2. The summed E-state index contributed by atoms with van der Waals surface area (Å²) in [7, 11) is 3.50. The Morgan fingerprint density at radius 1 is 1.50 bits per heavy atom. The molecule has 0 aromatic rings. The summed E-state index contributed by atoms with van der Waals surface area (Å²) in [5.74, 6) is 0. The second-order valence-corrected chi connectivity index (χ2v) is 0.250. The first kappa shape index (κ1) is 9.00. The molecule has 6 heavy (non-hydrogen) atoms. The van der Waals surface area contributed by atoms with Crippen molar-refractivity contribution in [1.29, 1.82) is 0 Å². The SMILES string of the molecule is O=C([O-])[O-].[B+2]O. The van der Waals surface area contributed by atoms with Crippen LogP contribution in [0.1, 0.15) is 0 Å². The molecule has 0 saturated carbocycles. The Morgan fingerprint density at radius 2 is 1.50 bits per heavy atom. The zero-order valence-corrected chi connectivity index (χ0v) is 2.75. The van der Waals surface area contributed by atoms with Crippen molar-refractivity contribution >= 4 is 14.2 Å². The summed E-state index contributed by atoms with van der Waals surface area (Å²) in [6, 6.07) is 0. The molecule has 0 amide bonds. The van der Waals surface area contributed by atoms with Crippen LogP contribution in [-0.4, -0.2) is 19.2 Å². The van der Waals surface area contributed by atoms with Gasteiger partial charge in [-0.05, 0) is 6.16 Å². The van der Waals surface area contributed by atoms with E-state index >= 15 is 0 Å². The first-order chi connectivity index (χ1) is 2.73. The second kappa shape index (κ2) is 8.85. The number of carbonyl (C=O) groups is 1. The molecule has 0 aromatic carbocycles. The van der Waals surface area contributed by atoms with Crippen LogP contribution in [0.2, 0.25) is 0 Å². The predicted octanol–water partition coefficient (Wildman–Crippen LogP) is -3.38. The van der Waals surface area contributed by atoms with E-state index in [1.54, 1.807) is 0 Å². The van der Waals surface area contributed by atoms with Crippen molar-refractivity contribution < 1.29 is 20.0 Å². The minimum absolute atomic E-state index is 2.33. The molecular weight excluding hydrogens is 86.8 g/mol. The quantitative estimate of drug-likeness (QED) is 0.313. The van der Waals surface area contributed by atoms with E-state index in [0.29, 0.717) is 0 Å². The Kier molecular flexibility index (Phi) is 13.3. The molecule has 0 heterocycles. The molecule has 0 fully saturated rings. The van der Waals surface area contributed by atoms with Crippen LogP contribution < -0.4 is 10.2 Å². The molecular formula is CHBO4. The van der Waals surface area contributed by atoms with E-state index in [-0.39, 0.29) is 0 Å². The molecule has 0 atom stereocenters. The van der Waals surface area contributed by atoms with E-state index in [4.69, 9.17) is 20.0 Å². The number of carbonyl (C=O) groups excluding carboxylic acids is 1. The van der Waals surface area contributed by atoms with Gasteiger partial charge in [0.2, 0.25) is 0 Å². The molecule has 0 aromatic heterocycles. The van der Waals surface area contributed by atoms with Crippen LogP contribution in [0.25, 0.3) is 0 Å². The van der Waals surface area contributed by atoms with Gasteiger partial charge in [0.1, 0.15) is 0 Å². The topological polar surface area (TPSA) is 83.4 Å². The van der Waals surface area contributed by atoms with Crippen molar-refractivity contribution in [3.05, 3.63) is 0 Å². The van der Waals surface area contributed by atoms with Crippen molar-refractivity contribution in [2.45, 2.75) is 0 Å². The first-order valence-electron chi connectivity index (χ1n) is 0.871. The van der Waals surface area contributed by atoms with Gasteiger partial charge in [-0.2, -0.15) is 0 Å². The third kappa shape index (κ3) is 34.9. The van der Waals surface area contributed by atoms with Crippen LogP contribution in [0.15, 0.2) is 0 Å². The fraction of sp³-hybridized carbons (Fsp3) is 0. The van der Waals surface area contributed by atoms with E-state index in [1.165, 1.54) is 0 Å².